The van der Waals surface area contributed by atoms with E-state index in [-0.39, 0.29) is 5.91 Å². The van der Waals surface area contributed by atoms with Crippen molar-refractivity contribution in [2.24, 2.45) is 5.92 Å². The summed E-state index contributed by atoms with van der Waals surface area (Å²) in [6.07, 6.45) is 8.79. The molecule has 1 aromatic rings. The Labute approximate surface area is 164 Å². The average molecular weight is 373 g/mol. The molecule has 1 heterocycles. The van der Waals surface area contributed by atoms with Gasteiger partial charge in [0.15, 0.2) is 6.10 Å². The number of hydrogen-bond donors (Lipinski definition) is 1. The summed E-state index contributed by atoms with van der Waals surface area (Å²) in [5, 5.41) is 3.08. The summed E-state index contributed by atoms with van der Waals surface area (Å²) in [5.41, 5.74) is 2.84. The maximum Gasteiger partial charge on any atom is 0.261 e. The SMILES string of the molecule is CC[C@@H](Oc1ccc2c(c1)CCCC2)C(=O)NCCCN1CCC[C@H](C)C1. The number of piperidine rings is 1. The summed E-state index contributed by atoms with van der Waals surface area (Å²) in [6.45, 7) is 8.56. The average Bonchev–Trinajstić information content (AvgIpc) is 2.69. The van der Waals surface area contributed by atoms with Crippen LogP contribution in [0, 0.1) is 5.92 Å². The zero-order valence-electron chi connectivity index (χ0n) is 17.1. The normalized spacial score (nSPS) is 21.3. The topological polar surface area (TPSA) is 41.6 Å². The fraction of sp³-hybridized carbons (Fsp3) is 0.696. The Morgan fingerprint density at radius 2 is 2.07 bits per heavy atom. The predicted octanol–water partition coefficient (Wildman–Crippen LogP) is 3.96. The largest absolute Gasteiger partial charge is 0.481 e. The van der Waals surface area contributed by atoms with E-state index in [1.165, 1.54) is 56.3 Å². The minimum absolute atomic E-state index is 0.0160. The minimum Gasteiger partial charge on any atom is -0.481 e. The number of aryl methyl sites for hydroxylation is 2. The number of nitrogens with zero attached hydrogens (tertiary/aromatic N) is 1. The monoisotopic (exact) mass is 372 g/mol. The van der Waals surface area contributed by atoms with Crippen LogP contribution in [0.1, 0.15) is 63.5 Å². The molecular formula is C23H36N2O2. The molecule has 150 valence electrons. The summed E-state index contributed by atoms with van der Waals surface area (Å²) < 4.78 is 6.03. The van der Waals surface area contributed by atoms with Gasteiger partial charge in [0, 0.05) is 13.1 Å². The molecule has 0 saturated carbocycles. The van der Waals surface area contributed by atoms with Crippen molar-refractivity contribution in [2.45, 2.75) is 71.3 Å². The summed E-state index contributed by atoms with van der Waals surface area (Å²) in [4.78, 5) is 15.0. The molecule has 1 fully saturated rings. The first kappa shape index (κ1) is 20.2. The molecule has 1 amide bonds. The molecule has 0 aromatic heterocycles. The van der Waals surface area contributed by atoms with Crippen LogP contribution in [-0.2, 0) is 17.6 Å². The van der Waals surface area contributed by atoms with E-state index in [9.17, 15) is 4.79 Å². The van der Waals surface area contributed by atoms with Crippen LogP contribution in [0.5, 0.6) is 5.75 Å². The molecule has 0 spiro atoms. The number of rotatable bonds is 8. The van der Waals surface area contributed by atoms with E-state index < -0.39 is 6.10 Å². The Bertz CT molecular complexity index is 616. The van der Waals surface area contributed by atoms with Gasteiger partial charge in [-0.3, -0.25) is 4.79 Å². The number of benzene rings is 1. The number of amides is 1. The third-order valence-corrected chi connectivity index (χ3v) is 5.95. The third-order valence-electron chi connectivity index (χ3n) is 5.95. The van der Waals surface area contributed by atoms with Crippen molar-refractivity contribution in [2.75, 3.05) is 26.2 Å². The summed E-state index contributed by atoms with van der Waals surface area (Å²) >= 11 is 0. The maximum atomic E-state index is 12.5. The number of carbonyl (C=O) groups excluding carboxylic acids is 1. The van der Waals surface area contributed by atoms with Crippen molar-refractivity contribution in [3.63, 3.8) is 0 Å². The molecular weight excluding hydrogens is 336 g/mol. The fourth-order valence-electron chi connectivity index (χ4n) is 4.39. The second-order valence-electron chi connectivity index (χ2n) is 8.34. The van der Waals surface area contributed by atoms with Crippen molar-refractivity contribution >= 4 is 5.91 Å². The van der Waals surface area contributed by atoms with Gasteiger partial charge in [-0.05, 0) is 93.6 Å². The van der Waals surface area contributed by atoms with Crippen LogP contribution in [0.25, 0.3) is 0 Å². The lowest BCUT2D eigenvalue weighted by Gasteiger charge is -2.30. The standard InChI is InChI=1S/C23H36N2O2/c1-3-22(27-21-12-11-19-9-4-5-10-20(19)16-21)23(26)24-13-7-15-25-14-6-8-18(2)17-25/h11-12,16,18,22H,3-10,13-15,17H2,1-2H3,(H,24,26)/t18-,22+/m0/s1. The van der Waals surface area contributed by atoms with Gasteiger partial charge in [-0.2, -0.15) is 0 Å². The molecule has 2 atom stereocenters. The van der Waals surface area contributed by atoms with Crippen molar-refractivity contribution in [3.8, 4) is 5.75 Å². The van der Waals surface area contributed by atoms with Crippen LogP contribution >= 0.6 is 0 Å². The van der Waals surface area contributed by atoms with Crippen molar-refractivity contribution in [1.82, 2.24) is 10.2 Å². The van der Waals surface area contributed by atoms with Gasteiger partial charge in [-0.25, -0.2) is 0 Å². The Hall–Kier alpha value is -1.55. The molecule has 0 unspecified atom stereocenters. The highest BCUT2D eigenvalue weighted by molar-refractivity contribution is 5.81. The highest BCUT2D eigenvalue weighted by atomic mass is 16.5. The van der Waals surface area contributed by atoms with Gasteiger partial charge in [-0.1, -0.05) is 19.9 Å². The van der Waals surface area contributed by atoms with E-state index in [4.69, 9.17) is 4.74 Å². The second-order valence-corrected chi connectivity index (χ2v) is 8.34. The minimum atomic E-state index is -0.401. The third kappa shape index (κ3) is 5.97. The van der Waals surface area contributed by atoms with Gasteiger partial charge in [0.2, 0.25) is 0 Å². The lowest BCUT2D eigenvalue weighted by molar-refractivity contribution is -0.128. The number of hydrogen-bond acceptors (Lipinski definition) is 3. The van der Waals surface area contributed by atoms with Crippen molar-refractivity contribution < 1.29 is 9.53 Å². The van der Waals surface area contributed by atoms with E-state index in [1.54, 1.807) is 0 Å². The van der Waals surface area contributed by atoms with Crippen molar-refractivity contribution in [3.05, 3.63) is 29.3 Å². The van der Waals surface area contributed by atoms with E-state index in [2.05, 4.69) is 29.3 Å². The zero-order valence-corrected chi connectivity index (χ0v) is 17.1. The van der Waals surface area contributed by atoms with Gasteiger partial charge in [0.1, 0.15) is 5.75 Å². The smallest absolute Gasteiger partial charge is 0.261 e. The van der Waals surface area contributed by atoms with E-state index >= 15 is 0 Å². The molecule has 2 aliphatic rings. The molecule has 0 radical (unpaired) electrons. The number of nitrogens with one attached hydrogen (secondary N) is 1. The number of carbonyl (C=O) groups is 1. The molecule has 1 aliphatic carbocycles. The Morgan fingerprint density at radius 1 is 1.26 bits per heavy atom. The van der Waals surface area contributed by atoms with Gasteiger partial charge >= 0.3 is 0 Å². The molecule has 27 heavy (non-hydrogen) atoms. The van der Waals surface area contributed by atoms with Gasteiger partial charge in [-0.15, -0.1) is 0 Å². The molecule has 1 aliphatic heterocycles. The molecule has 4 nitrogen and oxygen atoms in total. The first-order valence-corrected chi connectivity index (χ1v) is 10.9. The van der Waals surface area contributed by atoms with Crippen molar-refractivity contribution in [1.29, 1.82) is 0 Å². The molecule has 4 heteroatoms. The van der Waals surface area contributed by atoms with E-state index in [1.807, 2.05) is 13.0 Å². The first-order chi connectivity index (χ1) is 13.2. The van der Waals surface area contributed by atoms with E-state index in [0.717, 1.165) is 37.6 Å². The zero-order chi connectivity index (χ0) is 19.1. The summed E-state index contributed by atoms with van der Waals surface area (Å²) in [6, 6.07) is 6.34. The highest BCUT2D eigenvalue weighted by Gasteiger charge is 2.20. The molecule has 1 saturated heterocycles. The van der Waals surface area contributed by atoms with Gasteiger partial charge in [0.25, 0.3) is 5.91 Å². The second kappa shape index (κ2) is 10.1. The highest BCUT2D eigenvalue weighted by Crippen LogP contribution is 2.26. The lowest BCUT2D eigenvalue weighted by Crippen LogP contribution is -2.40. The molecule has 0 bridgehead atoms. The van der Waals surface area contributed by atoms with Crippen LogP contribution < -0.4 is 10.1 Å². The summed E-state index contributed by atoms with van der Waals surface area (Å²) in [5.74, 6) is 1.66. The maximum absolute atomic E-state index is 12.5. The number of likely N-dealkylation sites (tertiary alicyclic amines) is 1. The predicted molar refractivity (Wildman–Crippen MR) is 110 cm³/mol. The van der Waals surface area contributed by atoms with E-state index in [0.29, 0.717) is 6.42 Å². The Balaban J connectivity index is 1.42. The van der Waals surface area contributed by atoms with Crippen LogP contribution in [0.4, 0.5) is 0 Å². The van der Waals surface area contributed by atoms with Crippen LogP contribution in [-0.4, -0.2) is 43.1 Å². The first-order valence-electron chi connectivity index (χ1n) is 10.9. The molecule has 1 N–H and O–H groups in total. The quantitative estimate of drug-likeness (QED) is 0.702. The lowest BCUT2D eigenvalue weighted by atomic mass is 9.92. The summed E-state index contributed by atoms with van der Waals surface area (Å²) in [7, 11) is 0. The van der Waals surface area contributed by atoms with Crippen LogP contribution in [0.15, 0.2) is 18.2 Å². The van der Waals surface area contributed by atoms with Gasteiger partial charge in [0.05, 0.1) is 0 Å². The number of fused-ring (bicyclic) bond motifs is 1. The van der Waals surface area contributed by atoms with Crippen LogP contribution in [0.3, 0.4) is 0 Å². The molecule has 1 aromatic carbocycles. The Kier molecular flexibility index (Phi) is 7.57. The molecule has 3 rings (SSSR count). The van der Waals surface area contributed by atoms with Crippen LogP contribution in [0.2, 0.25) is 0 Å². The Morgan fingerprint density at radius 3 is 2.85 bits per heavy atom. The fourth-order valence-corrected chi connectivity index (χ4v) is 4.39. The van der Waals surface area contributed by atoms with Gasteiger partial charge < -0.3 is 15.0 Å². The number of ether oxygens (including phenoxy) is 1.